The van der Waals surface area contributed by atoms with Crippen LogP contribution in [-0.2, 0) is 94.9 Å². The maximum Gasteiger partial charge on any atom is 0.330 e. The second-order valence-electron chi connectivity index (χ2n) is 25.6. The van der Waals surface area contributed by atoms with E-state index in [1.165, 1.54) is 67.5 Å². The molecule has 5 aliphatic heterocycles. The summed E-state index contributed by atoms with van der Waals surface area (Å²) in [6, 6.07) is 11.9. The molecule has 9 rings (SSSR count). The Hall–Kier alpha value is -5.53. The first-order valence-electron chi connectivity index (χ1n) is 32.6. The lowest BCUT2D eigenvalue weighted by molar-refractivity contribution is -0.126. The van der Waals surface area contributed by atoms with Gasteiger partial charge in [-0.3, -0.25) is 47.4 Å². The largest absolute Gasteiger partial charge is 0.376 e. The van der Waals surface area contributed by atoms with E-state index in [2.05, 4.69) is 21.9 Å². The first kappa shape index (κ1) is 81.8. The number of benzene rings is 1. The molecule has 33 nitrogen and oxygen atoms in total. The van der Waals surface area contributed by atoms with E-state index < -0.39 is 151 Å². The fourth-order valence-electron chi connectivity index (χ4n) is 11.9. The summed E-state index contributed by atoms with van der Waals surface area (Å²) in [5.74, 6) is 0.275. The van der Waals surface area contributed by atoms with Crippen LogP contribution >= 0.6 is 15.0 Å². The Balaban J connectivity index is 0.000000212. The Morgan fingerprint density at radius 1 is 0.710 bits per heavy atom. The van der Waals surface area contributed by atoms with Crippen LogP contribution in [0.15, 0.2) is 111 Å². The minimum absolute atomic E-state index is 0.0168. The number of hydrogen-bond donors (Lipinski definition) is 6. The first-order chi connectivity index (χ1) is 47.2. The summed E-state index contributed by atoms with van der Waals surface area (Å²) >= 11 is 0. The highest BCUT2D eigenvalue weighted by Crippen LogP contribution is 2.62. The zero-order chi connectivity index (χ0) is 75.2. The normalized spacial score (nSPS) is 30.4. The zero-order valence-corrected chi connectivity index (χ0v) is 61.3. The van der Waals surface area contributed by atoms with Crippen molar-refractivity contribution in [3.63, 3.8) is 0 Å². The van der Waals surface area contributed by atoms with Gasteiger partial charge in [0, 0.05) is 84.1 Å². The Kier molecular flexibility index (Phi) is 30.0. The van der Waals surface area contributed by atoms with Crippen LogP contribution in [0.4, 0.5) is 0 Å². The number of ketones is 1. The summed E-state index contributed by atoms with van der Waals surface area (Å²) < 4.78 is 137. The molecule has 1 saturated carbocycles. The monoisotopic (exact) mass is 1480 g/mol. The number of H-pyrrole nitrogens is 2. The number of nitrogens with zero attached hydrogens (tertiary/aromatic N) is 3. The predicted molar refractivity (Wildman–Crippen MR) is 361 cm³/mol. The molecule has 0 bridgehead atoms. The van der Waals surface area contributed by atoms with Gasteiger partial charge in [0.05, 0.1) is 45.2 Å². The Morgan fingerprint density at radius 2 is 1.21 bits per heavy atom. The number of aromatic nitrogens is 4. The van der Waals surface area contributed by atoms with E-state index in [0.717, 1.165) is 17.6 Å². The Bertz CT molecular complexity index is 3770. The zero-order valence-electron chi connectivity index (χ0n) is 59.7. The fourth-order valence-corrected chi connectivity index (χ4v) is 13.7. The first-order valence-corrected chi connectivity index (χ1v) is 38.2. The fraction of sp³-hybridized carbons (Fsp3) is 0.656. The van der Waals surface area contributed by atoms with Crippen LogP contribution in [0.1, 0.15) is 94.2 Å². The third kappa shape index (κ3) is 23.5. The highest BCUT2D eigenvalue weighted by atomic mass is 32.2. The van der Waals surface area contributed by atoms with Gasteiger partial charge in [0.25, 0.3) is 17.0 Å². The molecule has 1 spiro atoms. The third-order valence-electron chi connectivity index (χ3n) is 15.8. The number of nitrogens with one attached hydrogen (secondary N) is 3. The lowest BCUT2D eigenvalue weighted by atomic mass is 10.0. The van der Waals surface area contributed by atoms with E-state index in [0.29, 0.717) is 12.2 Å². The maximum atomic E-state index is 12.2. The minimum atomic E-state index is -4.23. The van der Waals surface area contributed by atoms with Crippen molar-refractivity contribution in [3.05, 3.63) is 139 Å². The van der Waals surface area contributed by atoms with Gasteiger partial charge in [0.2, 0.25) is 7.37 Å². The smallest absolute Gasteiger partial charge is 0.330 e. The molecular weight excluding hydrogens is 1380 g/mol. The van der Waals surface area contributed by atoms with E-state index in [1.807, 2.05) is 85.7 Å². The Morgan fingerprint density at radius 3 is 1.68 bits per heavy atom. The van der Waals surface area contributed by atoms with Crippen LogP contribution in [0.25, 0.3) is 0 Å². The molecule has 4 saturated heterocycles. The summed E-state index contributed by atoms with van der Waals surface area (Å²) in [7, 11) is -4.95. The van der Waals surface area contributed by atoms with Crippen molar-refractivity contribution >= 4 is 36.5 Å². The van der Waals surface area contributed by atoms with Crippen LogP contribution in [0, 0.1) is 5.92 Å². The average molecular weight is 1480 g/mol. The molecule has 6 N–H and O–H groups in total. The van der Waals surface area contributed by atoms with Gasteiger partial charge in [0.1, 0.15) is 97.2 Å². The number of hydrogen-bond acceptors (Lipinski definition) is 25. The molecule has 3 aromatic rings. The number of methoxy groups -OCH3 is 4. The van der Waals surface area contributed by atoms with Crippen molar-refractivity contribution < 1.29 is 110 Å². The standard InChI is InChI=1S/C17H26N2O6.C17H25O5P.C15H23N2O8P.C15H24N2O8S/c1-10(2)24-15-13(9-23-8-11(3)20)25-17(16(15)22-5)19-7-6-14(21)18-12(19)4;1-12(2)21-16-14(10-11-23(4,18)19)22-15(17(16)20-3)13-8-6-5-7-9-13;1-8(2)24-12-11(23-3)13(17-5-4-10(18)16-14(17)19)25-15(12)6-9(15)7-26(20,21)22;1-9(2)24-12-10(7-23-8-26(4,20)21)25-14(13(12)22-3)17-6-5-11(18)16-15(17)19/h6-7,10,13,15-17H,4,8-9H2,1-3,5H3,(H,18,21);5-12,14-17H,1-4H3,(H,18,19);4-5,8-9,11-13H,6-7H2,1-3H3,(H,16,18,19)(H2,20,21,22);5-6,9-10,12-14H,7-8H2,1-4H3,(H,16,18,19)/b;11-10+;;/t13-,15-,16-,17-;14-,15+,16-,17+;9?,11-,12+,13-,15-;10-,12-,13-,14-/m1111/s1/i;10D;;. The van der Waals surface area contributed by atoms with Gasteiger partial charge in [-0.25, -0.2) is 18.0 Å². The average Bonchev–Trinajstić information content (AvgIpc) is 1.53. The number of aromatic amines is 2. The SMILES string of the molecule is C=C1NC(=O)C=CN1[C@@H]1O[C@H](COCC(C)=O)[C@@H](OC(C)C)[C@H]1OC.CO[C@@H]1[C@H](OC(C)C)[C@@H](COCS(C)(=O)=O)O[C@H]1n1ccc(=O)[nH]c1=O.CO[C@H]1[C@H](n2ccc(=O)[nH]c2=O)O[C@@]2(CC2CP(=O)(O)O)[C@H]1OC(C)C.[2H]/C(=C\P(C)(=O)O)[C@H]1O[C@@H](c2ccccc2)[C@H](OC)[C@@H]1OC(C)C. The molecule has 6 aliphatic rings. The second-order valence-corrected chi connectivity index (χ2v) is 31.6. The third-order valence-corrected chi connectivity index (χ3v) is 17.9. The van der Waals surface area contributed by atoms with E-state index >= 15 is 0 Å². The number of carbonyl (C=O) groups is 2. The molecular formula is C64H98N6O27P2S. The molecule has 1 aliphatic carbocycles. The number of ether oxygens (including phenoxy) is 14. The van der Waals surface area contributed by atoms with Crippen molar-refractivity contribution in [2.24, 2.45) is 5.92 Å². The molecule has 100 heavy (non-hydrogen) atoms. The number of Topliss-reactive ketones (excluding diaryl/α,β-unsaturated/α-hetero) is 1. The van der Waals surface area contributed by atoms with Gasteiger partial charge < -0.3 is 91.2 Å². The van der Waals surface area contributed by atoms with E-state index in [-0.39, 0.29) is 74.2 Å². The number of carbonyl (C=O) groups excluding carboxylic acids is 2. The molecule has 18 atom stereocenters. The van der Waals surface area contributed by atoms with Crippen LogP contribution < -0.4 is 27.8 Å². The second kappa shape index (κ2) is 36.8. The molecule has 36 heteroatoms. The lowest BCUT2D eigenvalue weighted by Gasteiger charge is -2.34. The van der Waals surface area contributed by atoms with Crippen molar-refractivity contribution in [2.45, 2.75) is 191 Å². The number of sulfone groups is 1. The summed E-state index contributed by atoms with van der Waals surface area (Å²) in [6.45, 7) is 21.6. The van der Waals surface area contributed by atoms with Gasteiger partial charge in [0.15, 0.2) is 34.3 Å². The molecule has 0 radical (unpaired) electrons. The Labute approximate surface area is 581 Å². The summed E-state index contributed by atoms with van der Waals surface area (Å²) in [4.78, 5) is 104. The highest BCUT2D eigenvalue weighted by molar-refractivity contribution is 7.90. The number of rotatable bonds is 28. The van der Waals surface area contributed by atoms with Crippen LogP contribution in [-0.4, -0.2) is 235 Å². The van der Waals surface area contributed by atoms with Crippen molar-refractivity contribution in [2.75, 3.05) is 73.3 Å². The van der Waals surface area contributed by atoms with Gasteiger partial charge >= 0.3 is 19.0 Å². The van der Waals surface area contributed by atoms with Crippen LogP contribution in [0.3, 0.4) is 0 Å². The van der Waals surface area contributed by atoms with Crippen LogP contribution in [0.5, 0.6) is 0 Å². The quantitative estimate of drug-likeness (QED) is 0.0569. The van der Waals surface area contributed by atoms with Gasteiger partial charge in [-0.05, 0) is 86.2 Å². The van der Waals surface area contributed by atoms with Crippen LogP contribution in [0.2, 0.25) is 0 Å². The van der Waals surface area contributed by atoms with E-state index in [4.69, 9.17) is 67.7 Å². The van der Waals surface area contributed by atoms with Gasteiger partial charge in [-0.1, -0.05) is 36.9 Å². The molecule has 7 heterocycles. The maximum absolute atomic E-state index is 12.2. The summed E-state index contributed by atoms with van der Waals surface area (Å²) in [5.41, 5.74) is -2.38. The molecule has 562 valence electrons. The van der Waals surface area contributed by atoms with E-state index in [9.17, 15) is 61.0 Å². The summed E-state index contributed by atoms with van der Waals surface area (Å²) in [6.07, 6.45) is -2.56. The summed E-state index contributed by atoms with van der Waals surface area (Å²) in [5, 5.41) is 2.63. The molecule has 1 aromatic carbocycles. The van der Waals surface area contributed by atoms with Gasteiger partial charge in [-0.15, -0.1) is 0 Å². The molecule has 2 unspecified atom stereocenters. The van der Waals surface area contributed by atoms with E-state index in [1.54, 1.807) is 25.3 Å². The molecule has 2 aromatic heterocycles. The topological polar surface area (TPSA) is 417 Å². The van der Waals surface area contributed by atoms with Gasteiger partial charge in [-0.2, -0.15) is 0 Å². The molecule has 5 fully saturated rings. The predicted octanol–water partition coefficient (Wildman–Crippen LogP) is 2.96. The lowest BCUT2D eigenvalue weighted by Crippen LogP contribution is -2.48. The minimum Gasteiger partial charge on any atom is -0.376 e. The van der Waals surface area contributed by atoms with Crippen molar-refractivity contribution in [1.82, 2.24) is 29.3 Å². The van der Waals surface area contributed by atoms with Crippen molar-refractivity contribution in [1.29, 1.82) is 0 Å². The number of amides is 1. The highest BCUT2D eigenvalue weighted by Gasteiger charge is 2.71. The molecule has 1 amide bonds. The van der Waals surface area contributed by atoms with Crippen molar-refractivity contribution in [3.8, 4) is 0 Å².